The molecule has 1 aliphatic heterocycles. The van der Waals surface area contributed by atoms with E-state index in [0.29, 0.717) is 5.92 Å². The number of nitrogens with zero attached hydrogens (tertiary/aromatic N) is 1. The first-order chi connectivity index (χ1) is 9.13. The SMILES string of the molecule is COC(=O)[C@@H]1CC(C)CCN1C(C)c1ccccc1. The molecular weight excluding hydrogens is 238 g/mol. The van der Waals surface area contributed by atoms with E-state index in [-0.39, 0.29) is 18.1 Å². The zero-order chi connectivity index (χ0) is 13.8. The summed E-state index contributed by atoms with van der Waals surface area (Å²) in [7, 11) is 1.48. The minimum absolute atomic E-state index is 0.102. The zero-order valence-corrected chi connectivity index (χ0v) is 12.0. The maximum atomic E-state index is 12.0. The number of hydrogen-bond donors (Lipinski definition) is 0. The van der Waals surface area contributed by atoms with Crippen LogP contribution in [-0.4, -0.2) is 30.6 Å². The molecule has 1 saturated heterocycles. The molecule has 3 heteroatoms. The molecule has 104 valence electrons. The van der Waals surface area contributed by atoms with E-state index in [2.05, 4.69) is 30.9 Å². The van der Waals surface area contributed by atoms with Crippen molar-refractivity contribution in [1.82, 2.24) is 4.90 Å². The number of ether oxygens (including phenoxy) is 1. The molecule has 19 heavy (non-hydrogen) atoms. The molecule has 0 saturated carbocycles. The molecule has 0 amide bonds. The first kappa shape index (κ1) is 14.1. The summed E-state index contributed by atoms with van der Waals surface area (Å²) in [5.74, 6) is 0.484. The van der Waals surface area contributed by atoms with E-state index in [1.165, 1.54) is 12.7 Å². The van der Waals surface area contributed by atoms with E-state index < -0.39 is 0 Å². The summed E-state index contributed by atoms with van der Waals surface area (Å²) in [4.78, 5) is 14.3. The van der Waals surface area contributed by atoms with E-state index in [0.717, 1.165) is 19.4 Å². The number of hydrogen-bond acceptors (Lipinski definition) is 3. The normalized spacial score (nSPS) is 25.8. The van der Waals surface area contributed by atoms with Crippen LogP contribution in [0.2, 0.25) is 0 Å². The third-order valence-electron chi connectivity index (χ3n) is 4.16. The second-order valence-electron chi connectivity index (χ2n) is 5.49. The standard InChI is InChI=1S/C16H23NO2/c1-12-9-10-17(15(11-12)16(18)19-3)13(2)14-7-5-4-6-8-14/h4-8,12-13,15H,9-11H2,1-3H3/t12?,13?,15-/m0/s1. The lowest BCUT2D eigenvalue weighted by atomic mass is 9.90. The minimum Gasteiger partial charge on any atom is -0.468 e. The predicted octanol–water partition coefficient (Wildman–Crippen LogP) is 3.02. The second-order valence-corrected chi connectivity index (χ2v) is 5.49. The van der Waals surface area contributed by atoms with E-state index in [9.17, 15) is 4.79 Å². The Morgan fingerprint density at radius 3 is 2.68 bits per heavy atom. The highest BCUT2D eigenvalue weighted by Gasteiger charge is 2.35. The number of piperidine rings is 1. The maximum absolute atomic E-state index is 12.0. The van der Waals surface area contributed by atoms with Gasteiger partial charge in [0.25, 0.3) is 0 Å². The lowest BCUT2D eigenvalue weighted by molar-refractivity contribution is -0.150. The molecule has 0 aromatic heterocycles. The van der Waals surface area contributed by atoms with Gasteiger partial charge in [-0.1, -0.05) is 37.3 Å². The van der Waals surface area contributed by atoms with Crippen LogP contribution >= 0.6 is 0 Å². The number of benzene rings is 1. The van der Waals surface area contributed by atoms with Gasteiger partial charge in [-0.25, -0.2) is 0 Å². The summed E-state index contributed by atoms with van der Waals surface area (Å²) in [6, 6.07) is 10.5. The molecule has 1 fully saturated rings. The van der Waals surface area contributed by atoms with Crippen LogP contribution in [-0.2, 0) is 9.53 Å². The van der Waals surface area contributed by atoms with Crippen LogP contribution < -0.4 is 0 Å². The van der Waals surface area contributed by atoms with Gasteiger partial charge in [0, 0.05) is 6.04 Å². The predicted molar refractivity (Wildman–Crippen MR) is 75.8 cm³/mol. The van der Waals surface area contributed by atoms with Crippen molar-refractivity contribution in [2.24, 2.45) is 5.92 Å². The Hall–Kier alpha value is -1.35. The van der Waals surface area contributed by atoms with Crippen molar-refractivity contribution in [3.63, 3.8) is 0 Å². The van der Waals surface area contributed by atoms with Crippen molar-refractivity contribution in [3.05, 3.63) is 35.9 Å². The quantitative estimate of drug-likeness (QED) is 0.783. The van der Waals surface area contributed by atoms with Gasteiger partial charge in [-0.15, -0.1) is 0 Å². The fourth-order valence-electron chi connectivity index (χ4n) is 2.91. The van der Waals surface area contributed by atoms with Gasteiger partial charge in [0.2, 0.25) is 0 Å². The summed E-state index contributed by atoms with van der Waals surface area (Å²) >= 11 is 0. The molecule has 3 atom stereocenters. The summed E-state index contributed by atoms with van der Waals surface area (Å²) in [6.07, 6.45) is 2.04. The average molecular weight is 261 g/mol. The van der Waals surface area contributed by atoms with Crippen molar-refractivity contribution >= 4 is 5.97 Å². The van der Waals surface area contributed by atoms with E-state index in [1.807, 2.05) is 18.2 Å². The molecule has 0 spiro atoms. The third-order valence-corrected chi connectivity index (χ3v) is 4.16. The van der Waals surface area contributed by atoms with E-state index >= 15 is 0 Å². The molecule has 1 aromatic rings. The van der Waals surface area contributed by atoms with Gasteiger partial charge < -0.3 is 4.74 Å². The van der Waals surface area contributed by atoms with Crippen molar-refractivity contribution in [3.8, 4) is 0 Å². The number of carbonyl (C=O) groups is 1. The number of likely N-dealkylation sites (tertiary alicyclic amines) is 1. The molecular formula is C16H23NO2. The van der Waals surface area contributed by atoms with Crippen LogP contribution in [0.5, 0.6) is 0 Å². The molecule has 2 unspecified atom stereocenters. The van der Waals surface area contributed by atoms with Crippen molar-refractivity contribution < 1.29 is 9.53 Å². The molecule has 0 bridgehead atoms. The maximum Gasteiger partial charge on any atom is 0.323 e. The molecule has 1 aromatic carbocycles. The second kappa shape index (κ2) is 6.20. The topological polar surface area (TPSA) is 29.5 Å². The molecule has 2 rings (SSSR count). The van der Waals surface area contributed by atoms with Gasteiger partial charge >= 0.3 is 5.97 Å². The number of methoxy groups -OCH3 is 1. The molecule has 3 nitrogen and oxygen atoms in total. The summed E-state index contributed by atoms with van der Waals surface area (Å²) in [5.41, 5.74) is 1.26. The van der Waals surface area contributed by atoms with Crippen LogP contribution in [0.3, 0.4) is 0 Å². The molecule has 1 aliphatic rings. The smallest absolute Gasteiger partial charge is 0.323 e. The number of carbonyl (C=O) groups excluding carboxylic acids is 1. The monoisotopic (exact) mass is 261 g/mol. The van der Waals surface area contributed by atoms with E-state index in [4.69, 9.17) is 4.74 Å². The highest BCUT2D eigenvalue weighted by molar-refractivity contribution is 5.75. The average Bonchev–Trinajstić information content (AvgIpc) is 2.46. The zero-order valence-electron chi connectivity index (χ0n) is 12.0. The van der Waals surface area contributed by atoms with Gasteiger partial charge in [-0.2, -0.15) is 0 Å². The first-order valence-corrected chi connectivity index (χ1v) is 7.02. The molecule has 1 heterocycles. The Kier molecular flexibility index (Phi) is 4.59. The van der Waals surface area contributed by atoms with Crippen molar-refractivity contribution in [2.75, 3.05) is 13.7 Å². The number of esters is 1. The van der Waals surface area contributed by atoms with Crippen LogP contribution in [0.15, 0.2) is 30.3 Å². The van der Waals surface area contributed by atoms with Gasteiger partial charge in [0.1, 0.15) is 6.04 Å². The van der Waals surface area contributed by atoms with Crippen molar-refractivity contribution in [2.45, 2.75) is 38.8 Å². The van der Waals surface area contributed by atoms with Gasteiger partial charge in [0.15, 0.2) is 0 Å². The summed E-state index contributed by atoms with van der Waals surface area (Å²) < 4.78 is 4.97. The molecule has 0 N–H and O–H groups in total. The Morgan fingerprint density at radius 1 is 1.37 bits per heavy atom. The number of rotatable bonds is 3. The lowest BCUT2D eigenvalue weighted by Crippen LogP contribution is -2.48. The van der Waals surface area contributed by atoms with Gasteiger partial charge in [-0.3, -0.25) is 9.69 Å². The Labute approximate surface area is 115 Å². The fourth-order valence-corrected chi connectivity index (χ4v) is 2.91. The van der Waals surface area contributed by atoms with Crippen molar-refractivity contribution in [1.29, 1.82) is 0 Å². The summed E-state index contributed by atoms with van der Waals surface area (Å²) in [5, 5.41) is 0. The highest BCUT2D eigenvalue weighted by atomic mass is 16.5. The first-order valence-electron chi connectivity index (χ1n) is 7.02. The fraction of sp³-hybridized carbons (Fsp3) is 0.562. The Balaban J connectivity index is 2.18. The van der Waals surface area contributed by atoms with Crippen LogP contribution in [0.25, 0.3) is 0 Å². The summed E-state index contributed by atoms with van der Waals surface area (Å²) in [6.45, 7) is 5.33. The molecule has 0 aliphatic carbocycles. The van der Waals surface area contributed by atoms with Crippen LogP contribution in [0.4, 0.5) is 0 Å². The van der Waals surface area contributed by atoms with E-state index in [1.54, 1.807) is 0 Å². The lowest BCUT2D eigenvalue weighted by Gasteiger charge is -2.40. The Morgan fingerprint density at radius 2 is 2.05 bits per heavy atom. The van der Waals surface area contributed by atoms with Gasteiger partial charge in [-0.05, 0) is 37.8 Å². The van der Waals surface area contributed by atoms with Crippen LogP contribution in [0, 0.1) is 5.92 Å². The largest absolute Gasteiger partial charge is 0.468 e. The molecule has 0 radical (unpaired) electrons. The highest BCUT2D eigenvalue weighted by Crippen LogP contribution is 2.31. The Bertz CT molecular complexity index is 418. The minimum atomic E-state index is -0.107. The van der Waals surface area contributed by atoms with Crippen LogP contribution in [0.1, 0.15) is 38.3 Å². The van der Waals surface area contributed by atoms with Gasteiger partial charge in [0.05, 0.1) is 7.11 Å². The third kappa shape index (κ3) is 3.16.